The van der Waals surface area contributed by atoms with Crippen LogP contribution in [-0.4, -0.2) is 7.05 Å². The summed E-state index contributed by atoms with van der Waals surface area (Å²) in [7, 11) is 1.77. The van der Waals surface area contributed by atoms with E-state index in [4.69, 9.17) is 5.26 Å². The topological polar surface area (TPSA) is 35.8 Å². The van der Waals surface area contributed by atoms with Crippen LogP contribution in [0.1, 0.15) is 11.6 Å². The first kappa shape index (κ1) is 10.7. The first-order valence-corrected chi connectivity index (χ1v) is 5.29. The summed E-state index contributed by atoms with van der Waals surface area (Å²) in [6.07, 6.45) is 0. The molecule has 1 aromatic carbocycles. The average molecular weight is 304 g/mol. The fraction of sp³-hybridized carbons (Fsp3) is 0.222. The molecule has 0 aliphatic heterocycles. The molecule has 0 aliphatic rings. The molecule has 13 heavy (non-hydrogen) atoms. The van der Waals surface area contributed by atoms with E-state index in [2.05, 4.69) is 43.2 Å². The molecule has 1 unspecified atom stereocenters. The largest absolute Gasteiger partial charge is 0.301 e. The minimum Gasteiger partial charge on any atom is -0.301 e. The molecule has 0 saturated heterocycles. The highest BCUT2D eigenvalue weighted by Crippen LogP contribution is 2.23. The molecule has 68 valence electrons. The number of nitrogens with zero attached hydrogens (tertiary/aromatic N) is 1. The van der Waals surface area contributed by atoms with Gasteiger partial charge in [-0.05, 0) is 30.8 Å². The number of hydrogen-bond donors (Lipinski definition) is 1. The molecule has 0 heterocycles. The van der Waals surface area contributed by atoms with Gasteiger partial charge >= 0.3 is 0 Å². The van der Waals surface area contributed by atoms with Gasteiger partial charge in [-0.1, -0.05) is 31.9 Å². The maximum Gasteiger partial charge on any atom is 0.121 e. The lowest BCUT2D eigenvalue weighted by molar-refractivity contribution is 0.726. The summed E-state index contributed by atoms with van der Waals surface area (Å²) in [5, 5.41) is 11.7. The number of nitriles is 1. The van der Waals surface area contributed by atoms with Crippen molar-refractivity contribution in [3.63, 3.8) is 0 Å². The highest BCUT2D eigenvalue weighted by atomic mass is 79.9. The van der Waals surface area contributed by atoms with E-state index in [0.717, 1.165) is 14.5 Å². The van der Waals surface area contributed by atoms with Crippen LogP contribution >= 0.6 is 31.9 Å². The lowest BCUT2D eigenvalue weighted by atomic mass is 10.1. The van der Waals surface area contributed by atoms with Crippen molar-refractivity contribution in [2.24, 2.45) is 0 Å². The van der Waals surface area contributed by atoms with E-state index >= 15 is 0 Å². The van der Waals surface area contributed by atoms with Crippen LogP contribution < -0.4 is 5.32 Å². The van der Waals surface area contributed by atoms with Gasteiger partial charge in [0.2, 0.25) is 0 Å². The van der Waals surface area contributed by atoms with Crippen LogP contribution in [-0.2, 0) is 0 Å². The summed E-state index contributed by atoms with van der Waals surface area (Å²) < 4.78 is 1.93. The zero-order chi connectivity index (χ0) is 9.84. The summed E-state index contributed by atoms with van der Waals surface area (Å²) in [5.74, 6) is 0. The summed E-state index contributed by atoms with van der Waals surface area (Å²) in [6, 6.07) is 7.70. The SMILES string of the molecule is CNC(C#N)c1cc(Br)cc(Br)c1. The van der Waals surface area contributed by atoms with E-state index in [1.807, 2.05) is 18.2 Å². The molecule has 0 saturated carbocycles. The molecule has 2 nitrogen and oxygen atoms in total. The van der Waals surface area contributed by atoms with Crippen molar-refractivity contribution in [2.75, 3.05) is 7.05 Å². The van der Waals surface area contributed by atoms with Crippen LogP contribution in [0.4, 0.5) is 0 Å². The summed E-state index contributed by atoms with van der Waals surface area (Å²) in [4.78, 5) is 0. The molecule has 0 aliphatic carbocycles. The number of benzene rings is 1. The van der Waals surface area contributed by atoms with Crippen molar-refractivity contribution >= 4 is 31.9 Å². The number of rotatable bonds is 2. The molecule has 1 atom stereocenters. The molecule has 4 heteroatoms. The Morgan fingerprint density at radius 3 is 2.23 bits per heavy atom. The van der Waals surface area contributed by atoms with Crippen molar-refractivity contribution in [1.82, 2.24) is 5.32 Å². The summed E-state index contributed by atoms with van der Waals surface area (Å²) >= 11 is 6.74. The predicted molar refractivity (Wildman–Crippen MR) is 59.3 cm³/mol. The molecule has 0 amide bonds. The van der Waals surface area contributed by atoms with Crippen molar-refractivity contribution < 1.29 is 0 Å². The molecule has 1 rings (SSSR count). The molecule has 0 spiro atoms. The van der Waals surface area contributed by atoms with Crippen LogP contribution in [0.2, 0.25) is 0 Å². The number of hydrogen-bond acceptors (Lipinski definition) is 2. The average Bonchev–Trinajstić information content (AvgIpc) is 2.04. The summed E-state index contributed by atoms with van der Waals surface area (Å²) in [5.41, 5.74) is 0.950. The summed E-state index contributed by atoms with van der Waals surface area (Å²) in [6.45, 7) is 0. The Labute approximate surface area is 94.2 Å². The second-order valence-electron chi connectivity index (χ2n) is 2.55. The maximum atomic E-state index is 8.82. The lowest BCUT2D eigenvalue weighted by Crippen LogP contribution is -2.13. The first-order valence-electron chi connectivity index (χ1n) is 3.70. The fourth-order valence-corrected chi connectivity index (χ4v) is 2.38. The molecular weight excluding hydrogens is 296 g/mol. The van der Waals surface area contributed by atoms with Crippen LogP contribution in [0, 0.1) is 11.3 Å². The number of nitrogens with one attached hydrogen (secondary N) is 1. The van der Waals surface area contributed by atoms with Crippen molar-refractivity contribution in [3.05, 3.63) is 32.7 Å². The Morgan fingerprint density at radius 1 is 1.31 bits per heavy atom. The van der Waals surface area contributed by atoms with E-state index < -0.39 is 0 Å². The van der Waals surface area contributed by atoms with E-state index in [9.17, 15) is 0 Å². The van der Waals surface area contributed by atoms with Gasteiger partial charge < -0.3 is 5.32 Å². The van der Waals surface area contributed by atoms with Crippen molar-refractivity contribution in [2.45, 2.75) is 6.04 Å². The van der Waals surface area contributed by atoms with Gasteiger partial charge in [-0.2, -0.15) is 5.26 Å². The Morgan fingerprint density at radius 2 is 1.85 bits per heavy atom. The third-order valence-corrected chi connectivity index (χ3v) is 2.55. The number of halogens is 2. The van der Waals surface area contributed by atoms with Gasteiger partial charge in [0.05, 0.1) is 6.07 Å². The van der Waals surface area contributed by atoms with Crippen LogP contribution in [0.25, 0.3) is 0 Å². The van der Waals surface area contributed by atoms with Gasteiger partial charge in [0.25, 0.3) is 0 Å². The second-order valence-corrected chi connectivity index (χ2v) is 4.38. The highest BCUT2D eigenvalue weighted by molar-refractivity contribution is 9.11. The molecule has 0 fully saturated rings. The van der Waals surface area contributed by atoms with Gasteiger partial charge in [-0.15, -0.1) is 0 Å². The van der Waals surface area contributed by atoms with Gasteiger partial charge in [0.1, 0.15) is 6.04 Å². The van der Waals surface area contributed by atoms with Crippen LogP contribution in [0.5, 0.6) is 0 Å². The molecule has 0 bridgehead atoms. The predicted octanol–water partition coefficient (Wildman–Crippen LogP) is 3.00. The fourth-order valence-electron chi connectivity index (χ4n) is 1.05. The third-order valence-electron chi connectivity index (χ3n) is 1.64. The van der Waals surface area contributed by atoms with E-state index in [1.54, 1.807) is 7.05 Å². The quantitative estimate of drug-likeness (QED) is 0.912. The molecular formula is C9H8Br2N2. The highest BCUT2D eigenvalue weighted by Gasteiger charge is 2.08. The van der Waals surface area contributed by atoms with E-state index in [-0.39, 0.29) is 6.04 Å². The zero-order valence-corrected chi connectivity index (χ0v) is 10.2. The Bertz CT molecular complexity index is 324. The van der Waals surface area contributed by atoms with Gasteiger partial charge in [0, 0.05) is 8.95 Å². The second kappa shape index (κ2) is 4.75. The Hall–Kier alpha value is -0.370. The van der Waals surface area contributed by atoms with E-state index in [1.165, 1.54) is 0 Å². The molecule has 0 aromatic heterocycles. The zero-order valence-electron chi connectivity index (χ0n) is 7.01. The monoisotopic (exact) mass is 302 g/mol. The van der Waals surface area contributed by atoms with Crippen molar-refractivity contribution in [3.8, 4) is 6.07 Å². The van der Waals surface area contributed by atoms with E-state index in [0.29, 0.717) is 0 Å². The standard InChI is InChI=1S/C9H8Br2N2/c1-13-9(5-12)6-2-7(10)4-8(11)3-6/h2-4,9,13H,1H3. The normalized spacial score (nSPS) is 12.2. The molecule has 1 aromatic rings. The molecule has 0 radical (unpaired) electrons. The smallest absolute Gasteiger partial charge is 0.121 e. The third kappa shape index (κ3) is 2.80. The lowest BCUT2D eigenvalue weighted by Gasteiger charge is -2.08. The Balaban J connectivity index is 3.08. The van der Waals surface area contributed by atoms with Gasteiger partial charge in [-0.25, -0.2) is 0 Å². The van der Waals surface area contributed by atoms with Gasteiger partial charge in [-0.3, -0.25) is 0 Å². The maximum absolute atomic E-state index is 8.82. The minimum absolute atomic E-state index is 0.256. The van der Waals surface area contributed by atoms with Crippen molar-refractivity contribution in [1.29, 1.82) is 5.26 Å². The van der Waals surface area contributed by atoms with Gasteiger partial charge in [0.15, 0.2) is 0 Å². The van der Waals surface area contributed by atoms with Crippen LogP contribution in [0.15, 0.2) is 27.1 Å². The minimum atomic E-state index is -0.256. The Kier molecular flexibility index (Phi) is 3.91. The molecule has 1 N–H and O–H groups in total. The first-order chi connectivity index (χ1) is 6.17. The van der Waals surface area contributed by atoms with Crippen LogP contribution in [0.3, 0.4) is 0 Å².